The van der Waals surface area contributed by atoms with Crippen molar-refractivity contribution in [2.24, 2.45) is 16.6 Å². The first-order valence-electron chi connectivity index (χ1n) is 9.18. The van der Waals surface area contributed by atoms with Gasteiger partial charge in [0.1, 0.15) is 5.49 Å². The van der Waals surface area contributed by atoms with E-state index >= 15 is 0 Å². The molecular weight excluding hydrogens is 284 g/mol. The van der Waals surface area contributed by atoms with E-state index in [9.17, 15) is 0 Å². The molecule has 1 fully saturated rings. The van der Waals surface area contributed by atoms with Crippen molar-refractivity contribution < 1.29 is 0 Å². The Hall–Kier alpha value is -1.29. The second-order valence-corrected chi connectivity index (χ2v) is 7.61. The van der Waals surface area contributed by atoms with Gasteiger partial charge in [0.15, 0.2) is 0 Å². The molecule has 2 heterocycles. The quantitative estimate of drug-likeness (QED) is 0.923. The van der Waals surface area contributed by atoms with Crippen LogP contribution in [0.1, 0.15) is 49.8 Å². The molecule has 0 bridgehead atoms. The van der Waals surface area contributed by atoms with Crippen LogP contribution in [0.25, 0.3) is 5.70 Å². The van der Waals surface area contributed by atoms with E-state index in [1.807, 2.05) is 0 Å². The van der Waals surface area contributed by atoms with Gasteiger partial charge in [-0.25, -0.2) is 0 Å². The zero-order valence-electron chi connectivity index (χ0n) is 15.2. The molecule has 23 heavy (non-hydrogen) atoms. The lowest BCUT2D eigenvalue weighted by molar-refractivity contribution is 0.362. The number of likely N-dealkylation sites (N-methyl/N-ethyl adjacent to an activating group) is 1. The maximum absolute atomic E-state index is 6.69. The first kappa shape index (κ1) is 16.6. The molecule has 0 amide bonds. The van der Waals surface area contributed by atoms with Gasteiger partial charge in [-0.05, 0) is 46.3 Å². The molecular formula is C19H32N4. The van der Waals surface area contributed by atoms with Crippen molar-refractivity contribution in [3.63, 3.8) is 0 Å². The molecule has 1 unspecified atom stereocenters. The average Bonchev–Trinajstić information content (AvgIpc) is 2.71. The van der Waals surface area contributed by atoms with Crippen LogP contribution in [0.5, 0.6) is 0 Å². The van der Waals surface area contributed by atoms with Crippen LogP contribution in [0.2, 0.25) is 0 Å². The van der Waals surface area contributed by atoms with Crippen molar-refractivity contribution in [3.8, 4) is 0 Å². The lowest BCUT2D eigenvalue weighted by Gasteiger charge is -2.29. The van der Waals surface area contributed by atoms with Gasteiger partial charge in [0.25, 0.3) is 0 Å². The van der Waals surface area contributed by atoms with Gasteiger partial charge < -0.3 is 15.2 Å². The van der Waals surface area contributed by atoms with E-state index in [0.29, 0.717) is 12.0 Å². The van der Waals surface area contributed by atoms with E-state index in [-0.39, 0.29) is 0 Å². The topological polar surface area (TPSA) is 46.5 Å². The van der Waals surface area contributed by atoms with Gasteiger partial charge in [0, 0.05) is 35.6 Å². The summed E-state index contributed by atoms with van der Waals surface area (Å²) in [5.74, 6) is 0.464. The van der Waals surface area contributed by atoms with Crippen molar-refractivity contribution in [1.82, 2.24) is 9.47 Å². The van der Waals surface area contributed by atoms with E-state index in [2.05, 4.69) is 37.4 Å². The van der Waals surface area contributed by atoms with E-state index in [1.54, 1.807) is 0 Å². The van der Waals surface area contributed by atoms with Gasteiger partial charge >= 0.3 is 0 Å². The monoisotopic (exact) mass is 316 g/mol. The normalized spacial score (nSPS) is 24.7. The number of nitrogens with zero attached hydrogens (tertiary/aromatic N) is 3. The number of fused-ring (bicyclic) bond motifs is 2. The Labute approximate surface area is 140 Å². The van der Waals surface area contributed by atoms with Gasteiger partial charge in [-0.15, -0.1) is 0 Å². The summed E-state index contributed by atoms with van der Waals surface area (Å²) in [6, 6.07) is 0.398. The Balaban J connectivity index is 2.10. The standard InChI is InChI=1S/C19H32N4/c1-13-14(2)23(12-11-22(3)4)19-17(13)18(20)15-9-7-5-6-8-10-16(15)21-19/h15-16H,5-12,20H2,1-4H3/t15-,16?/m0/s1. The molecule has 1 aliphatic heterocycles. The summed E-state index contributed by atoms with van der Waals surface area (Å²) in [6.07, 6.45) is 7.70. The molecule has 2 N–H and O–H groups in total. The van der Waals surface area contributed by atoms with Crippen LogP contribution >= 0.6 is 0 Å². The van der Waals surface area contributed by atoms with Crippen molar-refractivity contribution in [2.75, 3.05) is 20.6 Å². The summed E-state index contributed by atoms with van der Waals surface area (Å²) >= 11 is 0. The van der Waals surface area contributed by atoms with Crippen LogP contribution in [0.3, 0.4) is 0 Å². The minimum absolute atomic E-state index is 0.398. The van der Waals surface area contributed by atoms with E-state index in [0.717, 1.165) is 24.3 Å². The highest BCUT2D eigenvalue weighted by Crippen LogP contribution is 2.29. The Morgan fingerprint density at radius 1 is 1.13 bits per heavy atom. The molecule has 1 aromatic rings. The third-order valence-electron chi connectivity index (χ3n) is 5.78. The molecule has 2 atom stereocenters. The van der Waals surface area contributed by atoms with Crippen molar-refractivity contribution in [3.05, 3.63) is 22.0 Å². The molecule has 0 spiro atoms. The van der Waals surface area contributed by atoms with Gasteiger partial charge in [-0.2, -0.15) is 0 Å². The molecule has 4 heteroatoms. The van der Waals surface area contributed by atoms with E-state index in [1.165, 1.54) is 55.0 Å². The maximum Gasteiger partial charge on any atom is 0.137 e. The lowest BCUT2D eigenvalue weighted by Crippen LogP contribution is -2.45. The highest BCUT2D eigenvalue weighted by Gasteiger charge is 2.29. The Morgan fingerprint density at radius 2 is 1.83 bits per heavy atom. The van der Waals surface area contributed by atoms with Crippen molar-refractivity contribution >= 4 is 5.70 Å². The number of nitrogens with two attached hydrogens (primary N) is 1. The maximum atomic E-state index is 6.69. The molecule has 0 radical (unpaired) electrons. The van der Waals surface area contributed by atoms with E-state index < -0.39 is 0 Å². The Kier molecular flexibility index (Phi) is 4.81. The smallest absolute Gasteiger partial charge is 0.137 e. The molecule has 0 aromatic carbocycles. The highest BCUT2D eigenvalue weighted by atomic mass is 15.1. The van der Waals surface area contributed by atoms with Gasteiger partial charge in [0.05, 0.1) is 6.04 Å². The fourth-order valence-electron chi connectivity index (χ4n) is 4.22. The fourth-order valence-corrected chi connectivity index (χ4v) is 4.22. The number of rotatable bonds is 3. The van der Waals surface area contributed by atoms with Crippen LogP contribution in [-0.2, 0) is 6.54 Å². The summed E-state index contributed by atoms with van der Waals surface area (Å²) in [7, 11) is 4.25. The summed E-state index contributed by atoms with van der Waals surface area (Å²) < 4.78 is 2.40. The van der Waals surface area contributed by atoms with Gasteiger partial charge in [-0.3, -0.25) is 4.99 Å². The number of hydrogen-bond donors (Lipinski definition) is 1. The predicted molar refractivity (Wildman–Crippen MR) is 95.8 cm³/mol. The molecule has 3 rings (SSSR count). The molecule has 4 nitrogen and oxygen atoms in total. The first-order valence-corrected chi connectivity index (χ1v) is 9.18. The SMILES string of the molecule is Cc1c(C)n(CCN(C)C)c2c1=C(N)[C@H]1CCCCCCC1N=2. The highest BCUT2D eigenvalue weighted by molar-refractivity contribution is 5.49. The number of aromatic nitrogens is 1. The Morgan fingerprint density at radius 3 is 2.52 bits per heavy atom. The lowest BCUT2D eigenvalue weighted by atomic mass is 9.83. The summed E-state index contributed by atoms with van der Waals surface area (Å²) in [6.45, 7) is 6.45. The minimum Gasteiger partial charge on any atom is -0.401 e. The summed E-state index contributed by atoms with van der Waals surface area (Å²) in [5, 5.41) is 1.25. The van der Waals surface area contributed by atoms with Crippen molar-refractivity contribution in [2.45, 2.75) is 65.0 Å². The fraction of sp³-hybridized carbons (Fsp3) is 0.737. The second kappa shape index (κ2) is 6.68. The first-order chi connectivity index (χ1) is 11.0. The summed E-state index contributed by atoms with van der Waals surface area (Å²) in [4.78, 5) is 7.45. The zero-order chi connectivity index (χ0) is 16.6. The van der Waals surface area contributed by atoms with Crippen molar-refractivity contribution in [1.29, 1.82) is 0 Å². The molecule has 128 valence electrons. The van der Waals surface area contributed by atoms with Crippen LogP contribution in [0.15, 0.2) is 4.99 Å². The molecule has 1 saturated carbocycles. The predicted octanol–water partition coefficient (Wildman–Crippen LogP) is 1.71. The van der Waals surface area contributed by atoms with Gasteiger partial charge in [-0.1, -0.05) is 25.7 Å². The van der Waals surface area contributed by atoms with E-state index in [4.69, 9.17) is 10.7 Å². The van der Waals surface area contributed by atoms with Crippen LogP contribution in [-0.4, -0.2) is 36.1 Å². The largest absolute Gasteiger partial charge is 0.401 e. The minimum atomic E-state index is 0.398. The second-order valence-electron chi connectivity index (χ2n) is 7.61. The molecule has 0 saturated heterocycles. The molecule has 1 aliphatic carbocycles. The Bertz CT molecular complexity index is 683. The van der Waals surface area contributed by atoms with Gasteiger partial charge in [0.2, 0.25) is 0 Å². The molecule has 1 aromatic heterocycles. The third kappa shape index (κ3) is 3.06. The average molecular weight is 316 g/mol. The van der Waals surface area contributed by atoms with Crippen LogP contribution < -0.4 is 16.4 Å². The summed E-state index contributed by atoms with van der Waals surface area (Å²) in [5.41, 5.74) is 11.6. The molecule has 2 aliphatic rings. The third-order valence-corrected chi connectivity index (χ3v) is 5.78. The zero-order valence-corrected chi connectivity index (χ0v) is 15.2. The number of hydrogen-bond acceptors (Lipinski definition) is 3. The van der Waals surface area contributed by atoms with Crippen LogP contribution in [0.4, 0.5) is 0 Å². The van der Waals surface area contributed by atoms with Crippen LogP contribution in [0, 0.1) is 19.8 Å².